The zero-order valence-corrected chi connectivity index (χ0v) is 11.0. The zero-order valence-electron chi connectivity index (χ0n) is 11.0. The molecule has 1 unspecified atom stereocenters. The molecule has 0 aliphatic carbocycles. The Balaban J connectivity index is 1.98. The molecule has 1 saturated heterocycles. The highest BCUT2D eigenvalue weighted by atomic mass is 16.5. The van der Waals surface area contributed by atoms with Crippen molar-refractivity contribution in [2.45, 2.75) is 25.4 Å². The molecule has 1 atom stereocenters. The standard InChI is InChI=1S/C13H19N3O3/c1-18-13(17)10-6-12(16-8-11(10)14)15-7-9-4-2-3-5-19-9/h6,8-9H,2-5,7,14H2,1H3,(H,15,16). The summed E-state index contributed by atoms with van der Waals surface area (Å²) >= 11 is 0. The van der Waals surface area contributed by atoms with Crippen LogP contribution in [0.2, 0.25) is 0 Å². The minimum absolute atomic E-state index is 0.203. The molecular formula is C13H19N3O3. The Hall–Kier alpha value is -1.82. The van der Waals surface area contributed by atoms with Crippen LogP contribution < -0.4 is 11.1 Å². The fourth-order valence-electron chi connectivity index (χ4n) is 2.04. The average Bonchev–Trinajstić information content (AvgIpc) is 2.46. The molecule has 1 fully saturated rings. The van der Waals surface area contributed by atoms with Crippen molar-refractivity contribution in [3.63, 3.8) is 0 Å². The third-order valence-corrected chi connectivity index (χ3v) is 3.12. The van der Waals surface area contributed by atoms with Crippen LogP contribution >= 0.6 is 0 Å². The number of anilines is 2. The lowest BCUT2D eigenvalue weighted by atomic mass is 10.1. The third-order valence-electron chi connectivity index (χ3n) is 3.12. The Morgan fingerprint density at radius 1 is 1.63 bits per heavy atom. The number of hydrogen-bond acceptors (Lipinski definition) is 6. The van der Waals surface area contributed by atoms with Crippen molar-refractivity contribution in [2.24, 2.45) is 0 Å². The molecule has 2 heterocycles. The van der Waals surface area contributed by atoms with Gasteiger partial charge in [0.1, 0.15) is 5.82 Å². The van der Waals surface area contributed by atoms with Crippen molar-refractivity contribution >= 4 is 17.5 Å². The molecule has 19 heavy (non-hydrogen) atoms. The third kappa shape index (κ3) is 3.57. The average molecular weight is 265 g/mol. The number of nitrogen functional groups attached to an aromatic ring is 1. The highest BCUT2D eigenvalue weighted by Gasteiger charge is 2.15. The molecule has 2 rings (SSSR count). The molecule has 0 spiro atoms. The fraction of sp³-hybridized carbons (Fsp3) is 0.538. The van der Waals surface area contributed by atoms with Crippen molar-refractivity contribution in [3.05, 3.63) is 17.8 Å². The maximum atomic E-state index is 11.5. The monoisotopic (exact) mass is 265 g/mol. The summed E-state index contributed by atoms with van der Waals surface area (Å²) in [4.78, 5) is 15.7. The van der Waals surface area contributed by atoms with Crippen molar-refractivity contribution in [1.29, 1.82) is 0 Å². The first-order chi connectivity index (χ1) is 9.20. The minimum atomic E-state index is -0.461. The van der Waals surface area contributed by atoms with E-state index in [1.807, 2.05) is 0 Å². The number of aromatic nitrogens is 1. The van der Waals surface area contributed by atoms with Gasteiger partial charge in [-0.1, -0.05) is 0 Å². The number of nitrogens with one attached hydrogen (secondary N) is 1. The van der Waals surface area contributed by atoms with Gasteiger partial charge in [0, 0.05) is 13.2 Å². The number of nitrogens with zero attached hydrogens (tertiary/aromatic N) is 1. The number of pyridine rings is 1. The van der Waals surface area contributed by atoms with Crippen LogP contribution in [0.1, 0.15) is 29.6 Å². The molecular weight excluding hydrogens is 246 g/mol. The van der Waals surface area contributed by atoms with Crippen molar-refractivity contribution in [1.82, 2.24) is 4.98 Å². The number of rotatable bonds is 4. The smallest absolute Gasteiger partial charge is 0.340 e. The van der Waals surface area contributed by atoms with Crippen molar-refractivity contribution in [2.75, 3.05) is 31.3 Å². The molecule has 6 heteroatoms. The maximum absolute atomic E-state index is 11.5. The Morgan fingerprint density at radius 2 is 2.47 bits per heavy atom. The molecule has 104 valence electrons. The summed E-state index contributed by atoms with van der Waals surface area (Å²) < 4.78 is 10.3. The quantitative estimate of drug-likeness (QED) is 0.801. The molecule has 3 N–H and O–H groups in total. The normalized spacial score (nSPS) is 18.9. The number of hydrogen-bond donors (Lipinski definition) is 2. The summed E-state index contributed by atoms with van der Waals surface area (Å²) in [6.45, 7) is 1.49. The van der Waals surface area contributed by atoms with E-state index in [9.17, 15) is 4.79 Å². The molecule has 1 aliphatic heterocycles. The van der Waals surface area contributed by atoms with E-state index in [1.54, 1.807) is 6.07 Å². The lowest BCUT2D eigenvalue weighted by molar-refractivity contribution is 0.0247. The Morgan fingerprint density at radius 3 is 3.16 bits per heavy atom. The van der Waals surface area contributed by atoms with Gasteiger partial charge in [-0.15, -0.1) is 0 Å². The van der Waals surface area contributed by atoms with E-state index >= 15 is 0 Å². The van der Waals surface area contributed by atoms with Gasteiger partial charge in [-0.3, -0.25) is 0 Å². The SMILES string of the molecule is COC(=O)c1cc(NCC2CCCCO2)ncc1N. The van der Waals surface area contributed by atoms with Crippen LogP contribution in [-0.4, -0.2) is 37.3 Å². The second-order valence-corrected chi connectivity index (χ2v) is 4.52. The first-order valence-corrected chi connectivity index (χ1v) is 6.40. The van der Waals surface area contributed by atoms with E-state index in [4.69, 9.17) is 10.5 Å². The van der Waals surface area contributed by atoms with Crippen LogP contribution in [0.15, 0.2) is 12.3 Å². The highest BCUT2D eigenvalue weighted by Crippen LogP contribution is 2.17. The summed E-state index contributed by atoms with van der Waals surface area (Å²) in [6.07, 6.45) is 5.02. The second-order valence-electron chi connectivity index (χ2n) is 4.52. The fourth-order valence-corrected chi connectivity index (χ4v) is 2.04. The number of nitrogens with two attached hydrogens (primary N) is 1. The van der Waals surface area contributed by atoms with Crippen LogP contribution in [-0.2, 0) is 9.47 Å². The summed E-state index contributed by atoms with van der Waals surface area (Å²) in [7, 11) is 1.32. The van der Waals surface area contributed by atoms with Gasteiger partial charge in [-0.25, -0.2) is 9.78 Å². The van der Waals surface area contributed by atoms with Gasteiger partial charge in [0.2, 0.25) is 0 Å². The van der Waals surface area contributed by atoms with Gasteiger partial charge in [-0.2, -0.15) is 0 Å². The number of carbonyl (C=O) groups excluding carboxylic acids is 1. The first kappa shape index (κ1) is 13.6. The van der Waals surface area contributed by atoms with Crippen LogP contribution in [0.3, 0.4) is 0 Å². The highest BCUT2D eigenvalue weighted by molar-refractivity contribution is 5.95. The summed E-state index contributed by atoms with van der Waals surface area (Å²) in [5, 5.41) is 3.16. The molecule has 0 radical (unpaired) electrons. The molecule has 6 nitrogen and oxygen atoms in total. The lowest BCUT2D eigenvalue weighted by Gasteiger charge is -2.23. The Kier molecular flexibility index (Phi) is 4.57. The predicted octanol–water partition coefficient (Wildman–Crippen LogP) is 1.43. The molecule has 0 amide bonds. The first-order valence-electron chi connectivity index (χ1n) is 6.40. The van der Waals surface area contributed by atoms with Gasteiger partial charge in [0.05, 0.1) is 30.7 Å². The van der Waals surface area contributed by atoms with Gasteiger partial charge in [0.15, 0.2) is 0 Å². The molecule has 0 saturated carbocycles. The van der Waals surface area contributed by atoms with Crippen molar-refractivity contribution < 1.29 is 14.3 Å². The molecule has 1 aliphatic rings. The van der Waals surface area contributed by atoms with Gasteiger partial charge in [-0.05, 0) is 25.3 Å². The molecule has 0 bridgehead atoms. The Bertz CT molecular complexity index is 445. The van der Waals surface area contributed by atoms with E-state index in [0.29, 0.717) is 23.6 Å². The van der Waals surface area contributed by atoms with Crippen molar-refractivity contribution in [3.8, 4) is 0 Å². The van der Waals surface area contributed by atoms with E-state index in [2.05, 4.69) is 15.0 Å². The number of methoxy groups -OCH3 is 1. The number of ether oxygens (including phenoxy) is 2. The number of carbonyl (C=O) groups is 1. The van der Waals surface area contributed by atoms with Crippen LogP contribution in [0.5, 0.6) is 0 Å². The molecule has 1 aromatic heterocycles. The van der Waals surface area contributed by atoms with E-state index < -0.39 is 5.97 Å². The maximum Gasteiger partial charge on any atom is 0.340 e. The predicted molar refractivity (Wildman–Crippen MR) is 72.1 cm³/mol. The lowest BCUT2D eigenvalue weighted by Crippen LogP contribution is -2.27. The second kappa shape index (κ2) is 6.38. The van der Waals surface area contributed by atoms with E-state index in [-0.39, 0.29) is 6.10 Å². The molecule has 0 aromatic carbocycles. The van der Waals surface area contributed by atoms with E-state index in [0.717, 1.165) is 19.4 Å². The van der Waals surface area contributed by atoms with Crippen LogP contribution in [0, 0.1) is 0 Å². The van der Waals surface area contributed by atoms with Crippen LogP contribution in [0.25, 0.3) is 0 Å². The summed E-state index contributed by atoms with van der Waals surface area (Å²) in [6, 6.07) is 1.60. The van der Waals surface area contributed by atoms with E-state index in [1.165, 1.54) is 19.7 Å². The summed E-state index contributed by atoms with van der Waals surface area (Å²) in [5.41, 5.74) is 6.32. The Labute approximate surface area is 112 Å². The zero-order chi connectivity index (χ0) is 13.7. The summed E-state index contributed by atoms with van der Waals surface area (Å²) in [5.74, 6) is 0.139. The topological polar surface area (TPSA) is 86.5 Å². The van der Waals surface area contributed by atoms with Gasteiger partial charge in [0.25, 0.3) is 0 Å². The minimum Gasteiger partial charge on any atom is -0.465 e. The van der Waals surface area contributed by atoms with Crippen LogP contribution in [0.4, 0.5) is 11.5 Å². The largest absolute Gasteiger partial charge is 0.465 e. The van der Waals surface area contributed by atoms with Gasteiger partial charge >= 0.3 is 5.97 Å². The molecule has 1 aromatic rings. The van der Waals surface area contributed by atoms with Gasteiger partial charge < -0.3 is 20.5 Å². The number of esters is 1.